The Morgan fingerprint density at radius 3 is 2.32 bits per heavy atom. The fourth-order valence-electron chi connectivity index (χ4n) is 3.88. The molecule has 1 aliphatic heterocycles. The van der Waals surface area contributed by atoms with E-state index >= 15 is 0 Å². The van der Waals surface area contributed by atoms with E-state index in [1.807, 2.05) is 30.9 Å². The van der Waals surface area contributed by atoms with E-state index in [4.69, 9.17) is 9.51 Å². The molecular weight excluding hydrogens is 392 g/mol. The van der Waals surface area contributed by atoms with Gasteiger partial charge in [0.05, 0.1) is 16.6 Å². The number of carbonyl (C=O) groups is 1. The highest BCUT2D eigenvalue weighted by molar-refractivity contribution is 6.06. The molecule has 4 heterocycles. The Labute approximate surface area is 182 Å². The van der Waals surface area contributed by atoms with E-state index < -0.39 is 0 Å². The number of amides is 1. The van der Waals surface area contributed by atoms with E-state index in [0.717, 1.165) is 36.1 Å². The van der Waals surface area contributed by atoms with Gasteiger partial charge in [-0.25, -0.2) is 15.0 Å². The molecule has 0 aromatic carbocycles. The van der Waals surface area contributed by atoms with Crippen molar-refractivity contribution in [3.8, 4) is 0 Å². The summed E-state index contributed by atoms with van der Waals surface area (Å²) < 4.78 is 5.38. The van der Waals surface area contributed by atoms with Gasteiger partial charge in [0.15, 0.2) is 0 Å². The first-order chi connectivity index (χ1) is 14.7. The van der Waals surface area contributed by atoms with E-state index in [0.29, 0.717) is 35.4 Å². The third kappa shape index (κ3) is 4.11. The van der Waals surface area contributed by atoms with E-state index in [-0.39, 0.29) is 17.7 Å². The quantitative estimate of drug-likeness (QED) is 0.631. The second kappa shape index (κ2) is 8.24. The first kappa shape index (κ1) is 21.2. The number of hydrogen-bond donors (Lipinski definition) is 0. The van der Waals surface area contributed by atoms with Crippen LogP contribution in [0.25, 0.3) is 11.1 Å². The van der Waals surface area contributed by atoms with Crippen LogP contribution in [0.1, 0.15) is 72.8 Å². The lowest BCUT2D eigenvalue weighted by atomic mass is 10.0. The zero-order chi connectivity index (χ0) is 22.3. The summed E-state index contributed by atoms with van der Waals surface area (Å²) in [5, 5.41) is 4.75. The fourth-order valence-corrected chi connectivity index (χ4v) is 3.88. The van der Waals surface area contributed by atoms with Gasteiger partial charge in [-0.05, 0) is 25.8 Å². The maximum absolute atomic E-state index is 13.5. The van der Waals surface area contributed by atoms with Crippen molar-refractivity contribution in [3.63, 3.8) is 0 Å². The Kier molecular flexibility index (Phi) is 5.64. The van der Waals surface area contributed by atoms with Crippen molar-refractivity contribution in [1.82, 2.24) is 25.0 Å². The molecule has 1 aliphatic rings. The maximum Gasteiger partial charge on any atom is 0.259 e. The van der Waals surface area contributed by atoms with E-state index in [2.05, 4.69) is 47.7 Å². The second-order valence-electron chi connectivity index (χ2n) is 8.86. The second-order valence-corrected chi connectivity index (χ2v) is 8.86. The predicted molar refractivity (Wildman–Crippen MR) is 120 cm³/mol. The Hall–Kier alpha value is -3.03. The van der Waals surface area contributed by atoms with Crippen LogP contribution in [0.4, 0.5) is 5.82 Å². The molecule has 1 fully saturated rings. The Morgan fingerprint density at radius 2 is 1.68 bits per heavy atom. The molecule has 0 radical (unpaired) electrons. The molecule has 3 aromatic heterocycles. The fraction of sp³-hybridized carbons (Fsp3) is 0.522. The summed E-state index contributed by atoms with van der Waals surface area (Å²) in [6.45, 7) is 14.9. The van der Waals surface area contributed by atoms with Crippen molar-refractivity contribution in [2.24, 2.45) is 0 Å². The van der Waals surface area contributed by atoms with Crippen LogP contribution in [0.5, 0.6) is 0 Å². The minimum absolute atomic E-state index is 0.00184. The Balaban J connectivity index is 1.56. The summed E-state index contributed by atoms with van der Waals surface area (Å²) in [7, 11) is 0. The number of piperazine rings is 1. The Morgan fingerprint density at radius 1 is 0.968 bits per heavy atom. The number of aryl methyl sites for hydroxylation is 2. The van der Waals surface area contributed by atoms with Crippen LogP contribution in [0.2, 0.25) is 0 Å². The number of carbonyl (C=O) groups excluding carboxylic acids is 1. The van der Waals surface area contributed by atoms with Crippen molar-refractivity contribution in [3.05, 3.63) is 40.6 Å². The Bertz CT molecular complexity index is 1110. The van der Waals surface area contributed by atoms with E-state index in [1.54, 1.807) is 0 Å². The summed E-state index contributed by atoms with van der Waals surface area (Å²) in [5.74, 6) is 2.26. The molecule has 0 bridgehead atoms. The SMILES string of the molecule is Cc1cc(N2CCN(C(=O)c3cc(C(C)C)nc4onc(C)c34)CC2)nc(C(C)C)n1. The standard InChI is InChI=1S/C23H30N6O2/c1-13(2)18-12-17(20-16(6)27-31-22(20)25-18)23(30)29-9-7-28(8-10-29)19-11-15(5)24-21(26-19)14(3)4/h11-14H,7-10H2,1-6H3. The maximum atomic E-state index is 13.5. The van der Waals surface area contributed by atoms with Gasteiger partial charge in [-0.3, -0.25) is 4.79 Å². The molecule has 31 heavy (non-hydrogen) atoms. The van der Waals surface area contributed by atoms with Crippen molar-refractivity contribution >= 4 is 22.8 Å². The molecule has 0 saturated carbocycles. The molecule has 4 rings (SSSR count). The lowest BCUT2D eigenvalue weighted by Crippen LogP contribution is -2.49. The normalized spacial score (nSPS) is 14.8. The smallest absolute Gasteiger partial charge is 0.259 e. The van der Waals surface area contributed by atoms with Crippen molar-refractivity contribution in [2.45, 2.75) is 53.4 Å². The van der Waals surface area contributed by atoms with E-state index in [9.17, 15) is 4.79 Å². The van der Waals surface area contributed by atoms with Crippen molar-refractivity contribution in [1.29, 1.82) is 0 Å². The van der Waals surface area contributed by atoms with Crippen LogP contribution < -0.4 is 4.90 Å². The predicted octanol–water partition coefficient (Wildman–Crippen LogP) is 3.84. The lowest BCUT2D eigenvalue weighted by Gasteiger charge is -2.35. The third-order valence-electron chi connectivity index (χ3n) is 5.72. The molecular formula is C23H30N6O2. The third-order valence-corrected chi connectivity index (χ3v) is 5.72. The van der Waals surface area contributed by atoms with Gasteiger partial charge in [-0.2, -0.15) is 0 Å². The lowest BCUT2D eigenvalue weighted by molar-refractivity contribution is 0.0748. The van der Waals surface area contributed by atoms with Crippen LogP contribution >= 0.6 is 0 Å². The average molecular weight is 423 g/mol. The highest BCUT2D eigenvalue weighted by atomic mass is 16.5. The van der Waals surface area contributed by atoms with Gasteiger partial charge in [0.25, 0.3) is 11.6 Å². The molecule has 0 spiro atoms. The molecule has 3 aromatic rings. The van der Waals surface area contributed by atoms with Gasteiger partial charge in [-0.15, -0.1) is 0 Å². The first-order valence-corrected chi connectivity index (χ1v) is 10.9. The number of fused-ring (bicyclic) bond motifs is 1. The average Bonchev–Trinajstić information content (AvgIpc) is 3.13. The summed E-state index contributed by atoms with van der Waals surface area (Å²) in [6, 6.07) is 3.92. The number of rotatable bonds is 4. The van der Waals surface area contributed by atoms with Crippen LogP contribution in [0.15, 0.2) is 16.7 Å². The molecule has 0 aliphatic carbocycles. The van der Waals surface area contributed by atoms with Crippen LogP contribution in [0, 0.1) is 13.8 Å². The molecule has 0 N–H and O–H groups in total. The molecule has 0 atom stereocenters. The van der Waals surface area contributed by atoms with E-state index in [1.165, 1.54) is 0 Å². The van der Waals surface area contributed by atoms with Gasteiger partial charge >= 0.3 is 0 Å². The van der Waals surface area contributed by atoms with Gasteiger partial charge in [0, 0.05) is 49.6 Å². The monoisotopic (exact) mass is 422 g/mol. The molecule has 164 valence electrons. The van der Waals surface area contributed by atoms with Gasteiger partial charge in [0.1, 0.15) is 11.6 Å². The number of hydrogen-bond acceptors (Lipinski definition) is 7. The molecule has 1 amide bonds. The molecule has 1 saturated heterocycles. The summed E-state index contributed by atoms with van der Waals surface area (Å²) >= 11 is 0. The minimum atomic E-state index is 0.00184. The van der Waals surface area contributed by atoms with Gasteiger partial charge in [0.2, 0.25) is 0 Å². The molecule has 8 nitrogen and oxygen atoms in total. The zero-order valence-electron chi connectivity index (χ0n) is 19.1. The van der Waals surface area contributed by atoms with Gasteiger partial charge in [-0.1, -0.05) is 32.9 Å². The number of nitrogens with zero attached hydrogens (tertiary/aromatic N) is 6. The summed E-state index contributed by atoms with van der Waals surface area (Å²) in [6.07, 6.45) is 0. The van der Waals surface area contributed by atoms with Crippen molar-refractivity contribution < 1.29 is 9.32 Å². The van der Waals surface area contributed by atoms with Crippen LogP contribution in [-0.2, 0) is 0 Å². The minimum Gasteiger partial charge on any atom is -0.353 e. The number of anilines is 1. The van der Waals surface area contributed by atoms with Crippen molar-refractivity contribution in [2.75, 3.05) is 31.1 Å². The topological polar surface area (TPSA) is 88.2 Å². The number of aromatic nitrogens is 4. The number of pyridine rings is 1. The van der Waals surface area contributed by atoms with Crippen LogP contribution in [-0.4, -0.2) is 57.1 Å². The summed E-state index contributed by atoms with van der Waals surface area (Å²) in [4.78, 5) is 31.4. The zero-order valence-corrected chi connectivity index (χ0v) is 19.1. The van der Waals surface area contributed by atoms with Gasteiger partial charge < -0.3 is 14.3 Å². The first-order valence-electron chi connectivity index (χ1n) is 10.9. The summed E-state index contributed by atoms with van der Waals surface area (Å²) in [5.41, 5.74) is 3.56. The highest BCUT2D eigenvalue weighted by Crippen LogP contribution is 2.27. The molecule has 0 unspecified atom stereocenters. The van der Waals surface area contributed by atoms with Crippen LogP contribution in [0.3, 0.4) is 0 Å². The molecule has 8 heteroatoms. The largest absolute Gasteiger partial charge is 0.353 e. The highest BCUT2D eigenvalue weighted by Gasteiger charge is 2.27.